The second kappa shape index (κ2) is 5.04. The number of nitrogens with zero attached hydrogens (tertiary/aromatic N) is 4. The molecule has 0 spiro atoms. The first-order chi connectivity index (χ1) is 12.2. The highest BCUT2D eigenvalue weighted by Gasteiger charge is 2.21. The Labute approximate surface area is 143 Å². The van der Waals surface area contributed by atoms with Crippen molar-refractivity contribution >= 4 is 22.4 Å². The molecule has 0 atom stereocenters. The van der Waals surface area contributed by atoms with Crippen LogP contribution in [0.1, 0.15) is 16.9 Å². The van der Waals surface area contributed by atoms with E-state index in [0.717, 1.165) is 39.8 Å². The van der Waals surface area contributed by atoms with Gasteiger partial charge in [0.05, 0.1) is 6.20 Å². The van der Waals surface area contributed by atoms with Gasteiger partial charge in [0.15, 0.2) is 11.4 Å². The molecule has 0 bridgehead atoms. The lowest BCUT2D eigenvalue weighted by Crippen LogP contribution is -1.91. The van der Waals surface area contributed by atoms with Gasteiger partial charge in [0.1, 0.15) is 5.76 Å². The van der Waals surface area contributed by atoms with Crippen molar-refractivity contribution in [2.75, 3.05) is 5.73 Å². The number of rotatable bonds is 2. The first-order valence-corrected chi connectivity index (χ1v) is 8.01. The largest absolute Gasteiger partial charge is 0.452 e. The number of hydrogen-bond donors (Lipinski definition) is 1. The number of aryl methyl sites for hydroxylation is 1. The standard InChI is InChI=1S/C19H15N5O/c1-24-10-12(8-23-24)16-9-22-19(20)18-15(16)6-17(25-18)14-3-2-11-7-21-5-4-13(11)14/h3-10H,2H2,1H3,(H2,20,22). The first kappa shape index (κ1) is 14.0. The Bertz CT molecular complexity index is 1150. The molecule has 0 saturated heterocycles. The van der Waals surface area contributed by atoms with E-state index < -0.39 is 0 Å². The summed E-state index contributed by atoms with van der Waals surface area (Å²) >= 11 is 0. The molecule has 0 unspecified atom stereocenters. The molecule has 1 aliphatic carbocycles. The molecular formula is C19H15N5O. The molecule has 0 saturated carbocycles. The van der Waals surface area contributed by atoms with Crippen LogP contribution in [0.25, 0.3) is 27.7 Å². The highest BCUT2D eigenvalue weighted by Crippen LogP contribution is 2.39. The molecule has 0 amide bonds. The smallest absolute Gasteiger partial charge is 0.177 e. The Morgan fingerprint density at radius 1 is 1.20 bits per heavy atom. The van der Waals surface area contributed by atoms with Crippen molar-refractivity contribution < 1.29 is 4.42 Å². The maximum Gasteiger partial charge on any atom is 0.177 e. The van der Waals surface area contributed by atoms with Crippen LogP contribution in [0, 0.1) is 0 Å². The molecule has 25 heavy (non-hydrogen) atoms. The number of nitrogen functional groups attached to an aromatic ring is 1. The van der Waals surface area contributed by atoms with Crippen molar-refractivity contribution in [2.24, 2.45) is 7.05 Å². The molecule has 4 aromatic heterocycles. The summed E-state index contributed by atoms with van der Waals surface area (Å²) in [6, 6.07) is 4.06. The van der Waals surface area contributed by atoms with E-state index in [1.54, 1.807) is 17.1 Å². The van der Waals surface area contributed by atoms with Gasteiger partial charge in [-0.2, -0.15) is 5.10 Å². The summed E-state index contributed by atoms with van der Waals surface area (Å²) in [6.07, 6.45) is 12.3. The SMILES string of the molecule is Cn1cc(-c2cnc(N)c3oc(C4=CCc5cnccc54)cc23)cn1. The van der Waals surface area contributed by atoms with Crippen molar-refractivity contribution in [3.05, 3.63) is 66.1 Å². The van der Waals surface area contributed by atoms with E-state index in [4.69, 9.17) is 10.2 Å². The van der Waals surface area contributed by atoms with Crippen molar-refractivity contribution in [2.45, 2.75) is 6.42 Å². The fourth-order valence-electron chi connectivity index (χ4n) is 3.37. The maximum absolute atomic E-state index is 6.11. The molecule has 5 rings (SSSR count). The molecule has 4 aromatic rings. The predicted octanol–water partition coefficient (Wildman–Crippen LogP) is 3.19. The van der Waals surface area contributed by atoms with Gasteiger partial charge in [-0.15, -0.1) is 0 Å². The summed E-state index contributed by atoms with van der Waals surface area (Å²) < 4.78 is 7.87. The van der Waals surface area contributed by atoms with E-state index in [1.165, 1.54) is 5.56 Å². The topological polar surface area (TPSA) is 82.8 Å². The summed E-state index contributed by atoms with van der Waals surface area (Å²) in [5, 5.41) is 5.19. The Morgan fingerprint density at radius 3 is 2.96 bits per heavy atom. The van der Waals surface area contributed by atoms with Crippen molar-refractivity contribution in [3.8, 4) is 11.1 Å². The van der Waals surface area contributed by atoms with Crippen LogP contribution in [0.4, 0.5) is 5.82 Å². The van der Waals surface area contributed by atoms with E-state index in [9.17, 15) is 0 Å². The molecule has 0 aliphatic heterocycles. The minimum Gasteiger partial charge on any atom is -0.452 e. The van der Waals surface area contributed by atoms with Gasteiger partial charge >= 0.3 is 0 Å². The summed E-state index contributed by atoms with van der Waals surface area (Å²) in [5.74, 6) is 1.19. The number of allylic oxidation sites excluding steroid dienone is 1. The number of fused-ring (bicyclic) bond motifs is 2. The first-order valence-electron chi connectivity index (χ1n) is 8.01. The molecule has 4 heterocycles. The third kappa shape index (κ3) is 2.07. The Hall–Kier alpha value is -3.41. The number of aromatic nitrogens is 4. The average molecular weight is 329 g/mol. The van der Waals surface area contributed by atoms with Gasteiger partial charge in [-0.3, -0.25) is 9.67 Å². The van der Waals surface area contributed by atoms with E-state index in [1.807, 2.05) is 37.8 Å². The minimum absolute atomic E-state index is 0.391. The van der Waals surface area contributed by atoms with Crippen molar-refractivity contribution in [3.63, 3.8) is 0 Å². The third-order valence-corrected chi connectivity index (χ3v) is 4.59. The van der Waals surface area contributed by atoms with Gasteiger partial charge in [0, 0.05) is 53.9 Å². The van der Waals surface area contributed by atoms with Crippen molar-refractivity contribution in [1.82, 2.24) is 19.7 Å². The van der Waals surface area contributed by atoms with Crippen molar-refractivity contribution in [1.29, 1.82) is 0 Å². The molecule has 0 fully saturated rings. The van der Waals surface area contributed by atoms with Crippen LogP contribution in [0.3, 0.4) is 0 Å². The number of furan rings is 1. The predicted molar refractivity (Wildman–Crippen MR) is 95.6 cm³/mol. The average Bonchev–Trinajstić information content (AvgIpc) is 3.32. The zero-order valence-electron chi connectivity index (χ0n) is 13.6. The lowest BCUT2D eigenvalue weighted by Gasteiger charge is -2.01. The molecular weight excluding hydrogens is 314 g/mol. The number of hydrogen-bond acceptors (Lipinski definition) is 5. The monoisotopic (exact) mass is 329 g/mol. The number of anilines is 1. The van der Waals surface area contributed by atoms with Crippen LogP contribution in [0.15, 0.2) is 53.6 Å². The fraction of sp³-hybridized carbons (Fsp3) is 0.105. The van der Waals surface area contributed by atoms with Crippen LogP contribution in [-0.2, 0) is 13.5 Å². The van der Waals surface area contributed by atoms with Gasteiger partial charge < -0.3 is 10.2 Å². The Kier molecular flexibility index (Phi) is 2.82. The minimum atomic E-state index is 0.391. The lowest BCUT2D eigenvalue weighted by molar-refractivity contribution is 0.601. The van der Waals surface area contributed by atoms with Crippen LogP contribution in [0.2, 0.25) is 0 Å². The van der Waals surface area contributed by atoms with Gasteiger partial charge in [0.2, 0.25) is 0 Å². The molecule has 2 N–H and O–H groups in total. The third-order valence-electron chi connectivity index (χ3n) is 4.59. The molecule has 6 nitrogen and oxygen atoms in total. The number of pyridine rings is 2. The molecule has 0 aromatic carbocycles. The Balaban J connectivity index is 1.71. The van der Waals surface area contributed by atoms with Crippen LogP contribution in [0.5, 0.6) is 0 Å². The van der Waals surface area contributed by atoms with Gasteiger partial charge in [-0.05, 0) is 29.7 Å². The highest BCUT2D eigenvalue weighted by molar-refractivity contribution is 6.00. The van der Waals surface area contributed by atoms with E-state index in [2.05, 4.69) is 21.1 Å². The second-order valence-corrected chi connectivity index (χ2v) is 6.17. The zero-order chi connectivity index (χ0) is 17.0. The normalized spacial score (nSPS) is 13.2. The molecule has 6 heteroatoms. The lowest BCUT2D eigenvalue weighted by atomic mass is 10.0. The maximum atomic E-state index is 6.11. The van der Waals surface area contributed by atoms with Gasteiger partial charge in [-0.1, -0.05) is 6.08 Å². The number of nitrogens with two attached hydrogens (primary N) is 1. The van der Waals surface area contributed by atoms with Crippen LogP contribution >= 0.6 is 0 Å². The van der Waals surface area contributed by atoms with Gasteiger partial charge in [-0.25, -0.2) is 4.98 Å². The fourth-order valence-corrected chi connectivity index (χ4v) is 3.37. The van der Waals surface area contributed by atoms with Gasteiger partial charge in [0.25, 0.3) is 0 Å². The summed E-state index contributed by atoms with van der Waals surface area (Å²) in [4.78, 5) is 8.49. The van der Waals surface area contributed by atoms with E-state index in [-0.39, 0.29) is 0 Å². The molecule has 122 valence electrons. The van der Waals surface area contributed by atoms with E-state index >= 15 is 0 Å². The van der Waals surface area contributed by atoms with Crippen LogP contribution in [-0.4, -0.2) is 19.7 Å². The summed E-state index contributed by atoms with van der Waals surface area (Å²) in [6.45, 7) is 0. The molecule has 1 aliphatic rings. The second-order valence-electron chi connectivity index (χ2n) is 6.17. The van der Waals surface area contributed by atoms with E-state index in [0.29, 0.717) is 11.4 Å². The summed E-state index contributed by atoms with van der Waals surface area (Å²) in [5.41, 5.74) is 12.0. The van der Waals surface area contributed by atoms with Crippen LogP contribution < -0.4 is 5.73 Å². The summed E-state index contributed by atoms with van der Waals surface area (Å²) in [7, 11) is 1.89. The highest BCUT2D eigenvalue weighted by atomic mass is 16.3. The molecule has 0 radical (unpaired) electrons. The Morgan fingerprint density at radius 2 is 2.12 bits per heavy atom. The quantitative estimate of drug-likeness (QED) is 0.610. The zero-order valence-corrected chi connectivity index (χ0v) is 13.6.